The number of halogens is 2. The molecule has 0 aromatic heterocycles. The lowest BCUT2D eigenvalue weighted by Crippen LogP contribution is -2.41. The summed E-state index contributed by atoms with van der Waals surface area (Å²) in [5.41, 5.74) is 3.25. The van der Waals surface area contributed by atoms with Gasteiger partial charge in [-0.05, 0) is 81.1 Å². The highest BCUT2D eigenvalue weighted by molar-refractivity contribution is 7.92. The van der Waals surface area contributed by atoms with E-state index in [1.54, 1.807) is 12.1 Å². The summed E-state index contributed by atoms with van der Waals surface area (Å²) in [5.74, 6) is -0.445. The highest BCUT2D eigenvalue weighted by atomic mass is 35.5. The third-order valence-electron chi connectivity index (χ3n) is 6.52. The summed E-state index contributed by atoms with van der Waals surface area (Å²) in [6.07, 6.45) is 3.68. The summed E-state index contributed by atoms with van der Waals surface area (Å²) in [7, 11) is -4.07. The van der Waals surface area contributed by atoms with Crippen LogP contribution in [-0.4, -0.2) is 34.0 Å². The van der Waals surface area contributed by atoms with Crippen molar-refractivity contribution in [2.24, 2.45) is 0 Å². The minimum absolute atomic E-state index is 0.0725. The molecule has 4 rings (SSSR count). The van der Waals surface area contributed by atoms with Gasteiger partial charge in [-0.2, -0.15) is 0 Å². The van der Waals surface area contributed by atoms with Crippen molar-refractivity contribution in [3.8, 4) is 0 Å². The molecule has 1 N–H and O–H groups in total. The molecule has 37 heavy (non-hydrogen) atoms. The van der Waals surface area contributed by atoms with Crippen LogP contribution >= 0.6 is 23.2 Å². The Kier molecular flexibility index (Phi) is 8.67. The van der Waals surface area contributed by atoms with Gasteiger partial charge < -0.3 is 10.2 Å². The third-order valence-corrected chi connectivity index (χ3v) is 8.75. The van der Waals surface area contributed by atoms with Gasteiger partial charge in [-0.15, -0.1) is 0 Å². The van der Waals surface area contributed by atoms with Crippen molar-refractivity contribution in [2.75, 3.05) is 28.8 Å². The van der Waals surface area contributed by atoms with Gasteiger partial charge in [-0.3, -0.25) is 9.10 Å². The summed E-state index contributed by atoms with van der Waals surface area (Å²) in [5, 5.41) is 3.48. The van der Waals surface area contributed by atoms with E-state index in [0.29, 0.717) is 0 Å². The standard InChI is InChI=1S/C28H31Cl2N3O3S/c1-20-6-12-27(13-7-20)37(35,36)33(26-17-23(29)16-24(30)18-26)19-28(34)31-21(2)22-8-10-25(11-9-22)32-14-4-3-5-15-32/h6-13,16-18,21H,3-5,14-15,19H2,1-2H3,(H,31,34). The Balaban J connectivity index is 1.53. The molecule has 0 saturated carbocycles. The molecule has 0 aliphatic carbocycles. The molecule has 1 atom stereocenters. The lowest BCUT2D eigenvalue weighted by atomic mass is 10.1. The highest BCUT2D eigenvalue weighted by Crippen LogP contribution is 2.30. The summed E-state index contributed by atoms with van der Waals surface area (Å²) in [4.78, 5) is 15.6. The molecule has 0 radical (unpaired) electrons. The molecule has 1 fully saturated rings. The van der Waals surface area contributed by atoms with E-state index in [4.69, 9.17) is 23.2 Å². The number of sulfonamides is 1. The third kappa shape index (κ3) is 6.78. The maximum Gasteiger partial charge on any atom is 0.264 e. The van der Waals surface area contributed by atoms with Crippen molar-refractivity contribution in [1.29, 1.82) is 0 Å². The Bertz CT molecular complexity index is 1320. The van der Waals surface area contributed by atoms with E-state index in [-0.39, 0.29) is 26.7 Å². The van der Waals surface area contributed by atoms with Crippen LogP contribution in [0.3, 0.4) is 0 Å². The molecular formula is C28H31Cl2N3O3S. The van der Waals surface area contributed by atoms with Crippen LogP contribution in [-0.2, 0) is 14.8 Å². The zero-order valence-electron chi connectivity index (χ0n) is 21.0. The fourth-order valence-corrected chi connectivity index (χ4v) is 6.38. The Morgan fingerprint density at radius 3 is 2.14 bits per heavy atom. The Labute approximate surface area is 229 Å². The molecule has 0 spiro atoms. The summed E-state index contributed by atoms with van der Waals surface area (Å²) in [6.45, 7) is 5.44. The fourth-order valence-electron chi connectivity index (χ4n) is 4.46. The highest BCUT2D eigenvalue weighted by Gasteiger charge is 2.28. The van der Waals surface area contributed by atoms with E-state index >= 15 is 0 Å². The van der Waals surface area contributed by atoms with Crippen molar-refractivity contribution in [2.45, 2.75) is 44.0 Å². The van der Waals surface area contributed by atoms with Crippen LogP contribution in [0, 0.1) is 6.92 Å². The number of rotatable bonds is 8. The minimum Gasteiger partial charge on any atom is -0.372 e. The van der Waals surface area contributed by atoms with Crippen LogP contribution in [0.4, 0.5) is 11.4 Å². The molecule has 196 valence electrons. The second-order valence-electron chi connectivity index (χ2n) is 9.38. The van der Waals surface area contributed by atoms with E-state index in [0.717, 1.165) is 28.5 Å². The number of hydrogen-bond donors (Lipinski definition) is 1. The Morgan fingerprint density at radius 2 is 1.54 bits per heavy atom. The topological polar surface area (TPSA) is 69.7 Å². The number of piperidine rings is 1. The maximum atomic E-state index is 13.6. The Morgan fingerprint density at radius 1 is 0.946 bits per heavy atom. The molecule has 1 unspecified atom stereocenters. The second kappa shape index (κ2) is 11.8. The number of anilines is 2. The molecule has 1 amide bonds. The SMILES string of the molecule is Cc1ccc(S(=O)(=O)N(CC(=O)NC(C)c2ccc(N3CCCCC3)cc2)c2cc(Cl)cc(Cl)c2)cc1. The predicted molar refractivity (Wildman–Crippen MR) is 151 cm³/mol. The maximum absolute atomic E-state index is 13.6. The molecule has 3 aromatic carbocycles. The number of nitrogens with one attached hydrogen (secondary N) is 1. The van der Waals surface area contributed by atoms with Gasteiger partial charge in [0.25, 0.3) is 10.0 Å². The Hall–Kier alpha value is -2.74. The quantitative estimate of drug-likeness (QED) is 0.348. The predicted octanol–water partition coefficient (Wildman–Crippen LogP) is 6.36. The van der Waals surface area contributed by atoms with E-state index in [9.17, 15) is 13.2 Å². The average molecular weight is 561 g/mol. The minimum atomic E-state index is -4.07. The van der Waals surface area contributed by atoms with Gasteiger partial charge >= 0.3 is 0 Å². The number of carbonyl (C=O) groups is 1. The first-order chi connectivity index (χ1) is 17.6. The first-order valence-corrected chi connectivity index (χ1v) is 14.5. The molecule has 0 bridgehead atoms. The summed E-state index contributed by atoms with van der Waals surface area (Å²) >= 11 is 12.3. The first-order valence-electron chi connectivity index (χ1n) is 12.3. The van der Waals surface area contributed by atoms with Crippen molar-refractivity contribution in [3.05, 3.63) is 87.9 Å². The van der Waals surface area contributed by atoms with E-state index in [2.05, 4.69) is 22.3 Å². The van der Waals surface area contributed by atoms with E-state index < -0.39 is 22.5 Å². The van der Waals surface area contributed by atoms with Crippen LogP contribution in [0.1, 0.15) is 43.4 Å². The van der Waals surface area contributed by atoms with Crippen molar-refractivity contribution in [3.63, 3.8) is 0 Å². The molecule has 1 aliphatic rings. The van der Waals surface area contributed by atoms with Crippen molar-refractivity contribution in [1.82, 2.24) is 5.32 Å². The first kappa shape index (κ1) is 27.3. The van der Waals surface area contributed by atoms with Crippen molar-refractivity contribution < 1.29 is 13.2 Å². The summed E-state index contributed by atoms with van der Waals surface area (Å²) < 4.78 is 28.2. The molecule has 9 heteroatoms. The largest absolute Gasteiger partial charge is 0.372 e. The lowest BCUT2D eigenvalue weighted by molar-refractivity contribution is -0.120. The van der Waals surface area contributed by atoms with Gasteiger partial charge in [-0.25, -0.2) is 8.42 Å². The number of nitrogens with zero attached hydrogens (tertiary/aromatic N) is 2. The van der Waals surface area contributed by atoms with Crippen LogP contribution in [0.15, 0.2) is 71.6 Å². The van der Waals surface area contributed by atoms with Crippen molar-refractivity contribution >= 4 is 50.5 Å². The zero-order chi connectivity index (χ0) is 26.6. The van der Waals surface area contributed by atoms with Crippen LogP contribution in [0.2, 0.25) is 10.0 Å². The van der Waals surface area contributed by atoms with E-state index in [1.807, 2.05) is 26.0 Å². The van der Waals surface area contributed by atoms with Gasteiger partial charge in [0.1, 0.15) is 6.54 Å². The van der Waals surface area contributed by atoms with Crippen LogP contribution in [0.5, 0.6) is 0 Å². The molecule has 1 saturated heterocycles. The zero-order valence-corrected chi connectivity index (χ0v) is 23.3. The lowest BCUT2D eigenvalue weighted by Gasteiger charge is -2.29. The normalized spacial score (nSPS) is 14.8. The van der Waals surface area contributed by atoms with Gasteiger partial charge in [0.05, 0.1) is 16.6 Å². The molecular weight excluding hydrogens is 529 g/mol. The molecule has 1 heterocycles. The monoisotopic (exact) mass is 559 g/mol. The van der Waals surface area contributed by atoms with Gasteiger partial charge in [0.2, 0.25) is 5.91 Å². The van der Waals surface area contributed by atoms with E-state index in [1.165, 1.54) is 55.3 Å². The number of benzene rings is 3. The number of amides is 1. The van der Waals surface area contributed by atoms with Gasteiger partial charge in [0.15, 0.2) is 0 Å². The summed E-state index contributed by atoms with van der Waals surface area (Å²) in [6, 6.07) is 18.8. The molecule has 6 nitrogen and oxygen atoms in total. The second-order valence-corrected chi connectivity index (χ2v) is 12.1. The van der Waals surface area contributed by atoms with Gasteiger partial charge in [-0.1, -0.05) is 53.0 Å². The number of hydrogen-bond acceptors (Lipinski definition) is 4. The average Bonchev–Trinajstić information content (AvgIpc) is 2.87. The smallest absolute Gasteiger partial charge is 0.264 e. The number of carbonyl (C=O) groups excluding carboxylic acids is 1. The van der Waals surface area contributed by atoms with Crippen LogP contribution < -0.4 is 14.5 Å². The van der Waals surface area contributed by atoms with Crippen LogP contribution in [0.25, 0.3) is 0 Å². The molecule has 3 aromatic rings. The number of aryl methyl sites for hydroxylation is 1. The molecule has 1 aliphatic heterocycles. The van der Waals surface area contributed by atoms with Gasteiger partial charge in [0, 0.05) is 28.8 Å². The fraction of sp³-hybridized carbons (Fsp3) is 0.321.